The molecule has 0 bridgehead atoms. The van der Waals surface area contributed by atoms with Gasteiger partial charge in [0.1, 0.15) is 0 Å². The number of sulfonamides is 1. The second kappa shape index (κ2) is 9.16. The third-order valence-corrected chi connectivity index (χ3v) is 2.98. The Morgan fingerprint density at radius 1 is 1.17 bits per heavy atom. The molecule has 0 radical (unpaired) electrons. The van der Waals surface area contributed by atoms with E-state index in [4.69, 9.17) is 0 Å². The summed E-state index contributed by atoms with van der Waals surface area (Å²) in [6.07, 6.45) is 3.42. The van der Waals surface area contributed by atoms with Gasteiger partial charge in [-0.2, -0.15) is 0 Å². The molecule has 0 aliphatic heterocycles. The van der Waals surface area contributed by atoms with Gasteiger partial charge in [0.05, 0.1) is 6.26 Å². The van der Waals surface area contributed by atoms with Crippen LogP contribution >= 0.6 is 0 Å². The topological polar surface area (TPSA) is 82.6 Å². The van der Waals surface area contributed by atoms with Gasteiger partial charge < -0.3 is 10.6 Å². The Bertz CT molecular complexity index is 339. The molecule has 0 aromatic heterocycles. The van der Waals surface area contributed by atoms with Gasteiger partial charge in [0.25, 0.3) is 0 Å². The fourth-order valence-electron chi connectivity index (χ4n) is 1.36. The Kier molecular flexibility index (Phi) is 8.74. The van der Waals surface area contributed by atoms with Crippen molar-refractivity contribution in [2.24, 2.45) is 10.9 Å². The van der Waals surface area contributed by atoms with E-state index in [1.807, 2.05) is 0 Å². The maximum Gasteiger partial charge on any atom is 0.208 e. The minimum Gasteiger partial charge on any atom is -0.356 e. The van der Waals surface area contributed by atoms with Gasteiger partial charge in [-0.05, 0) is 18.8 Å². The summed E-state index contributed by atoms with van der Waals surface area (Å²) in [6.45, 7) is 6.13. The standard InChI is InChI=1S/C11H26N4O2S/c1-10(2)6-5-7-13-11(12-3)14-8-9-15-18(4,16)17/h10,15H,5-9H2,1-4H3,(H2,12,13,14). The first-order chi connectivity index (χ1) is 8.35. The molecule has 0 rings (SSSR count). The number of rotatable bonds is 8. The molecule has 108 valence electrons. The van der Waals surface area contributed by atoms with E-state index in [9.17, 15) is 8.42 Å². The lowest BCUT2D eigenvalue weighted by atomic mass is 10.1. The van der Waals surface area contributed by atoms with Crippen molar-refractivity contribution in [3.8, 4) is 0 Å². The van der Waals surface area contributed by atoms with Crippen LogP contribution in [0.5, 0.6) is 0 Å². The average molecular weight is 278 g/mol. The zero-order chi connectivity index (χ0) is 14.0. The summed E-state index contributed by atoms with van der Waals surface area (Å²) in [7, 11) is -1.41. The van der Waals surface area contributed by atoms with Gasteiger partial charge in [-0.15, -0.1) is 0 Å². The van der Waals surface area contributed by atoms with Crippen LogP contribution in [-0.2, 0) is 10.0 Å². The van der Waals surface area contributed by atoms with Crippen LogP contribution in [0.3, 0.4) is 0 Å². The Hall–Kier alpha value is -0.820. The first-order valence-corrected chi connectivity index (χ1v) is 8.13. The Morgan fingerprint density at radius 2 is 1.78 bits per heavy atom. The third-order valence-electron chi connectivity index (χ3n) is 2.26. The highest BCUT2D eigenvalue weighted by Gasteiger charge is 2.00. The maximum absolute atomic E-state index is 10.8. The highest BCUT2D eigenvalue weighted by atomic mass is 32.2. The smallest absolute Gasteiger partial charge is 0.208 e. The summed E-state index contributed by atoms with van der Waals surface area (Å²) >= 11 is 0. The van der Waals surface area contributed by atoms with Crippen LogP contribution < -0.4 is 15.4 Å². The molecule has 0 fully saturated rings. The Labute approximate surface area is 111 Å². The first-order valence-electron chi connectivity index (χ1n) is 6.24. The summed E-state index contributed by atoms with van der Waals surface area (Å²) in [6, 6.07) is 0. The van der Waals surface area contributed by atoms with E-state index >= 15 is 0 Å². The molecule has 7 heteroatoms. The fraction of sp³-hybridized carbons (Fsp3) is 0.909. The lowest BCUT2D eigenvalue weighted by Crippen LogP contribution is -2.41. The third kappa shape index (κ3) is 11.7. The van der Waals surface area contributed by atoms with E-state index < -0.39 is 10.0 Å². The predicted molar refractivity (Wildman–Crippen MR) is 76.3 cm³/mol. The van der Waals surface area contributed by atoms with Gasteiger partial charge in [0.2, 0.25) is 10.0 Å². The molecule has 0 aliphatic rings. The zero-order valence-electron chi connectivity index (χ0n) is 11.8. The number of aliphatic imine (C=N–C) groups is 1. The summed E-state index contributed by atoms with van der Waals surface area (Å²) in [5.74, 6) is 1.41. The van der Waals surface area contributed by atoms with Crippen LogP contribution in [0.15, 0.2) is 4.99 Å². The SMILES string of the molecule is CN=C(NCCCC(C)C)NCCNS(C)(=O)=O. The number of guanidine groups is 1. The first kappa shape index (κ1) is 17.2. The highest BCUT2D eigenvalue weighted by Crippen LogP contribution is 2.01. The van der Waals surface area contributed by atoms with Crippen LogP contribution in [0.2, 0.25) is 0 Å². The van der Waals surface area contributed by atoms with E-state index in [1.165, 1.54) is 6.42 Å². The van der Waals surface area contributed by atoms with E-state index in [2.05, 4.69) is 34.2 Å². The van der Waals surface area contributed by atoms with Crippen molar-refractivity contribution in [3.05, 3.63) is 0 Å². The van der Waals surface area contributed by atoms with Crippen LogP contribution in [0, 0.1) is 5.92 Å². The zero-order valence-corrected chi connectivity index (χ0v) is 12.6. The fourth-order valence-corrected chi connectivity index (χ4v) is 1.83. The molecular weight excluding hydrogens is 252 g/mol. The normalized spacial score (nSPS) is 12.8. The van der Waals surface area contributed by atoms with Crippen molar-refractivity contribution < 1.29 is 8.42 Å². The van der Waals surface area contributed by atoms with Crippen molar-refractivity contribution in [2.45, 2.75) is 26.7 Å². The lowest BCUT2D eigenvalue weighted by molar-refractivity contribution is 0.549. The molecule has 6 nitrogen and oxygen atoms in total. The summed E-state index contributed by atoms with van der Waals surface area (Å²) in [5, 5.41) is 6.23. The summed E-state index contributed by atoms with van der Waals surface area (Å²) in [4.78, 5) is 4.06. The Balaban J connectivity index is 3.66. The molecule has 0 amide bonds. The molecule has 0 atom stereocenters. The molecule has 0 saturated carbocycles. The molecule has 0 unspecified atom stereocenters. The van der Waals surface area contributed by atoms with Crippen molar-refractivity contribution >= 4 is 16.0 Å². The predicted octanol–water partition coefficient (Wildman–Crippen LogP) is 0.137. The van der Waals surface area contributed by atoms with E-state index in [-0.39, 0.29) is 0 Å². The largest absolute Gasteiger partial charge is 0.356 e. The second-order valence-corrected chi connectivity index (χ2v) is 6.46. The number of hydrogen-bond acceptors (Lipinski definition) is 3. The van der Waals surface area contributed by atoms with Gasteiger partial charge in [-0.3, -0.25) is 4.99 Å². The van der Waals surface area contributed by atoms with Gasteiger partial charge >= 0.3 is 0 Å². The Morgan fingerprint density at radius 3 is 2.28 bits per heavy atom. The molecule has 0 aromatic rings. The maximum atomic E-state index is 10.8. The minimum atomic E-state index is -3.11. The molecule has 0 aromatic carbocycles. The minimum absolute atomic E-state index is 0.353. The molecule has 0 heterocycles. The van der Waals surface area contributed by atoms with Crippen molar-refractivity contribution in [1.29, 1.82) is 0 Å². The van der Waals surface area contributed by atoms with Gasteiger partial charge in [0.15, 0.2) is 5.96 Å². The number of nitrogens with zero attached hydrogens (tertiary/aromatic N) is 1. The van der Waals surface area contributed by atoms with Crippen LogP contribution in [0.4, 0.5) is 0 Å². The second-order valence-electron chi connectivity index (χ2n) is 4.63. The molecular formula is C11H26N4O2S. The summed E-state index contributed by atoms with van der Waals surface area (Å²) < 4.78 is 24.1. The quantitative estimate of drug-likeness (QED) is 0.335. The molecule has 18 heavy (non-hydrogen) atoms. The van der Waals surface area contributed by atoms with Crippen molar-refractivity contribution in [3.63, 3.8) is 0 Å². The van der Waals surface area contributed by atoms with Crippen LogP contribution in [0.25, 0.3) is 0 Å². The number of hydrogen-bond donors (Lipinski definition) is 3. The van der Waals surface area contributed by atoms with Crippen LogP contribution in [0.1, 0.15) is 26.7 Å². The van der Waals surface area contributed by atoms with Crippen molar-refractivity contribution in [2.75, 3.05) is 32.9 Å². The highest BCUT2D eigenvalue weighted by molar-refractivity contribution is 7.88. The van der Waals surface area contributed by atoms with Gasteiger partial charge in [0, 0.05) is 26.7 Å². The van der Waals surface area contributed by atoms with E-state index in [0.29, 0.717) is 25.0 Å². The monoisotopic (exact) mass is 278 g/mol. The number of nitrogens with one attached hydrogen (secondary N) is 3. The van der Waals surface area contributed by atoms with Gasteiger partial charge in [-0.1, -0.05) is 13.8 Å². The average Bonchev–Trinajstić information content (AvgIpc) is 2.25. The summed E-state index contributed by atoms with van der Waals surface area (Å²) in [5.41, 5.74) is 0. The van der Waals surface area contributed by atoms with Crippen LogP contribution in [-0.4, -0.2) is 47.3 Å². The molecule has 3 N–H and O–H groups in total. The van der Waals surface area contributed by atoms with E-state index in [0.717, 1.165) is 19.2 Å². The lowest BCUT2D eigenvalue weighted by Gasteiger charge is -2.12. The van der Waals surface area contributed by atoms with E-state index in [1.54, 1.807) is 7.05 Å². The molecule has 0 spiro atoms. The molecule has 0 saturated heterocycles. The van der Waals surface area contributed by atoms with Gasteiger partial charge in [-0.25, -0.2) is 13.1 Å². The van der Waals surface area contributed by atoms with Crippen molar-refractivity contribution in [1.82, 2.24) is 15.4 Å². The molecule has 0 aliphatic carbocycles.